The first kappa shape index (κ1) is 17.6. The summed E-state index contributed by atoms with van der Waals surface area (Å²) in [7, 11) is 0. The Labute approximate surface area is 152 Å². The van der Waals surface area contributed by atoms with Crippen LogP contribution in [0.15, 0.2) is 33.5 Å². The number of carbonyl (C=O) groups is 1. The molecular formula is C16H14ClN5O4. The molecule has 10 heteroatoms. The van der Waals surface area contributed by atoms with Crippen LogP contribution in [0.1, 0.15) is 12.5 Å². The van der Waals surface area contributed by atoms with Gasteiger partial charge in [0.2, 0.25) is 17.1 Å². The number of fused-ring (bicyclic) bond motifs is 1. The van der Waals surface area contributed by atoms with Crippen molar-refractivity contribution >= 4 is 34.4 Å². The quantitative estimate of drug-likeness (QED) is 0.647. The van der Waals surface area contributed by atoms with Crippen LogP contribution in [0, 0.1) is 6.92 Å². The SMILES string of the molecule is Cc1cc(=O)oc2cc(Oc3nc(Cl)nc(N[C@@H](C)C(N)=O)n3)ccc12. The fourth-order valence-electron chi connectivity index (χ4n) is 2.18. The molecule has 3 rings (SSSR count). The second-order valence-electron chi connectivity index (χ2n) is 5.49. The summed E-state index contributed by atoms with van der Waals surface area (Å²) < 4.78 is 10.7. The lowest BCUT2D eigenvalue weighted by atomic mass is 10.1. The van der Waals surface area contributed by atoms with Gasteiger partial charge in [-0.25, -0.2) is 4.79 Å². The molecule has 26 heavy (non-hydrogen) atoms. The van der Waals surface area contributed by atoms with Crippen LogP contribution in [0.4, 0.5) is 5.95 Å². The van der Waals surface area contributed by atoms with Crippen molar-refractivity contribution in [3.8, 4) is 11.8 Å². The molecule has 0 spiro atoms. The number of hydrogen-bond donors (Lipinski definition) is 2. The standard InChI is InChI=1S/C16H14ClN5O4/c1-7-5-12(23)26-11-6-9(3-4-10(7)11)25-16-21-14(17)20-15(22-16)19-8(2)13(18)24/h3-6,8H,1-2H3,(H2,18,24)(H,19,20,21,22)/t8-/m0/s1. The zero-order valence-electron chi connectivity index (χ0n) is 13.8. The fourth-order valence-corrected chi connectivity index (χ4v) is 2.33. The maximum absolute atomic E-state index is 11.5. The lowest BCUT2D eigenvalue weighted by molar-refractivity contribution is -0.118. The summed E-state index contributed by atoms with van der Waals surface area (Å²) in [4.78, 5) is 34.4. The topological polar surface area (TPSA) is 133 Å². The largest absolute Gasteiger partial charge is 0.424 e. The van der Waals surface area contributed by atoms with E-state index in [-0.39, 0.29) is 17.2 Å². The van der Waals surface area contributed by atoms with Crippen LogP contribution in [0.5, 0.6) is 11.8 Å². The number of aromatic nitrogens is 3. The van der Waals surface area contributed by atoms with Crippen molar-refractivity contribution in [2.24, 2.45) is 5.73 Å². The number of ether oxygens (including phenoxy) is 1. The van der Waals surface area contributed by atoms with E-state index < -0.39 is 17.6 Å². The molecule has 1 amide bonds. The minimum Gasteiger partial charge on any atom is -0.424 e. The number of nitrogens with two attached hydrogens (primary N) is 1. The van der Waals surface area contributed by atoms with Gasteiger partial charge in [0.25, 0.3) is 0 Å². The molecule has 0 aliphatic heterocycles. The Bertz CT molecular complexity index is 1050. The van der Waals surface area contributed by atoms with E-state index in [0.29, 0.717) is 11.3 Å². The first-order valence-electron chi connectivity index (χ1n) is 7.51. The number of aryl methyl sites for hydroxylation is 1. The van der Waals surface area contributed by atoms with Crippen LogP contribution >= 0.6 is 11.6 Å². The van der Waals surface area contributed by atoms with Gasteiger partial charge in [-0.05, 0) is 43.1 Å². The van der Waals surface area contributed by atoms with Crippen molar-refractivity contribution in [2.75, 3.05) is 5.32 Å². The fraction of sp³-hybridized carbons (Fsp3) is 0.188. The minimum absolute atomic E-state index is 0.0365. The highest BCUT2D eigenvalue weighted by Gasteiger charge is 2.13. The van der Waals surface area contributed by atoms with Crippen LogP contribution in [-0.4, -0.2) is 26.9 Å². The monoisotopic (exact) mass is 375 g/mol. The number of nitrogens with zero attached hydrogens (tertiary/aromatic N) is 3. The van der Waals surface area contributed by atoms with Gasteiger partial charge < -0.3 is 20.2 Å². The molecule has 3 N–H and O–H groups in total. The number of anilines is 1. The van der Waals surface area contributed by atoms with E-state index in [1.807, 2.05) is 6.92 Å². The van der Waals surface area contributed by atoms with Crippen LogP contribution < -0.4 is 21.4 Å². The minimum atomic E-state index is -0.709. The Hall–Kier alpha value is -3.20. The first-order valence-corrected chi connectivity index (χ1v) is 7.89. The van der Waals surface area contributed by atoms with Gasteiger partial charge in [0.15, 0.2) is 0 Å². The van der Waals surface area contributed by atoms with Gasteiger partial charge in [0.1, 0.15) is 17.4 Å². The third kappa shape index (κ3) is 3.89. The molecule has 9 nitrogen and oxygen atoms in total. The number of benzene rings is 1. The molecule has 0 bridgehead atoms. The van der Waals surface area contributed by atoms with Gasteiger partial charge >= 0.3 is 11.6 Å². The van der Waals surface area contributed by atoms with Crippen molar-refractivity contribution in [1.82, 2.24) is 15.0 Å². The van der Waals surface area contributed by atoms with E-state index >= 15 is 0 Å². The van der Waals surface area contributed by atoms with Gasteiger partial charge in [0, 0.05) is 17.5 Å². The molecular weight excluding hydrogens is 362 g/mol. The number of hydrogen-bond acceptors (Lipinski definition) is 8. The van der Waals surface area contributed by atoms with Crippen LogP contribution in [0.25, 0.3) is 11.0 Å². The molecule has 0 radical (unpaired) electrons. The molecule has 2 aromatic heterocycles. The Kier molecular flexibility index (Phi) is 4.72. The Morgan fingerprint density at radius 3 is 2.81 bits per heavy atom. The van der Waals surface area contributed by atoms with Gasteiger partial charge in [0.05, 0.1) is 0 Å². The predicted molar refractivity (Wildman–Crippen MR) is 94.4 cm³/mol. The lowest BCUT2D eigenvalue weighted by Crippen LogP contribution is -2.33. The first-order chi connectivity index (χ1) is 12.3. The molecule has 0 unspecified atom stereocenters. The van der Waals surface area contributed by atoms with Gasteiger partial charge in [-0.3, -0.25) is 4.79 Å². The number of primary amides is 1. The van der Waals surface area contributed by atoms with Crippen molar-refractivity contribution < 1.29 is 13.9 Å². The number of nitrogens with one attached hydrogen (secondary N) is 1. The maximum atomic E-state index is 11.5. The summed E-state index contributed by atoms with van der Waals surface area (Å²) >= 11 is 5.86. The van der Waals surface area contributed by atoms with E-state index in [0.717, 1.165) is 10.9 Å². The highest BCUT2D eigenvalue weighted by Crippen LogP contribution is 2.25. The molecule has 0 fully saturated rings. The van der Waals surface area contributed by atoms with Crippen molar-refractivity contribution in [2.45, 2.75) is 19.9 Å². The van der Waals surface area contributed by atoms with E-state index in [2.05, 4.69) is 20.3 Å². The molecule has 2 heterocycles. The smallest absolute Gasteiger partial charge is 0.336 e. The highest BCUT2D eigenvalue weighted by molar-refractivity contribution is 6.28. The van der Waals surface area contributed by atoms with Crippen molar-refractivity contribution in [3.63, 3.8) is 0 Å². The number of halogens is 1. The van der Waals surface area contributed by atoms with Crippen molar-refractivity contribution in [1.29, 1.82) is 0 Å². The third-order valence-corrected chi connectivity index (χ3v) is 3.66. The molecule has 0 aliphatic rings. The van der Waals surface area contributed by atoms with Crippen LogP contribution in [0.2, 0.25) is 5.28 Å². The summed E-state index contributed by atoms with van der Waals surface area (Å²) in [6.07, 6.45) is 0. The Morgan fingerprint density at radius 1 is 1.31 bits per heavy atom. The molecule has 1 atom stereocenters. The molecule has 0 saturated heterocycles. The van der Waals surface area contributed by atoms with E-state index in [9.17, 15) is 9.59 Å². The molecule has 1 aromatic carbocycles. The van der Waals surface area contributed by atoms with Gasteiger partial charge in [-0.15, -0.1) is 0 Å². The highest BCUT2D eigenvalue weighted by atomic mass is 35.5. The van der Waals surface area contributed by atoms with Crippen molar-refractivity contribution in [3.05, 3.63) is 45.5 Å². The summed E-state index contributed by atoms with van der Waals surface area (Å²) in [5, 5.41) is 3.35. The molecule has 0 aliphatic carbocycles. The average Bonchev–Trinajstić information content (AvgIpc) is 2.53. The molecule has 3 aromatic rings. The van der Waals surface area contributed by atoms with Gasteiger partial charge in [-0.1, -0.05) is 0 Å². The number of rotatable bonds is 5. The molecule has 134 valence electrons. The predicted octanol–water partition coefficient (Wildman–Crippen LogP) is 2.02. The van der Waals surface area contributed by atoms with E-state index in [1.165, 1.54) is 6.07 Å². The second kappa shape index (κ2) is 6.96. The number of carbonyl (C=O) groups excluding carboxylic acids is 1. The van der Waals surface area contributed by atoms with E-state index in [4.69, 9.17) is 26.5 Å². The maximum Gasteiger partial charge on any atom is 0.336 e. The second-order valence-corrected chi connectivity index (χ2v) is 5.83. The van der Waals surface area contributed by atoms with Crippen LogP contribution in [0.3, 0.4) is 0 Å². The lowest BCUT2D eigenvalue weighted by Gasteiger charge is -2.11. The zero-order chi connectivity index (χ0) is 18.8. The molecule has 0 saturated carbocycles. The summed E-state index contributed by atoms with van der Waals surface area (Å²) in [6.45, 7) is 3.36. The Balaban J connectivity index is 1.91. The zero-order valence-corrected chi connectivity index (χ0v) is 14.6. The average molecular weight is 376 g/mol. The Morgan fingerprint density at radius 2 is 2.08 bits per heavy atom. The third-order valence-electron chi connectivity index (χ3n) is 3.49. The summed E-state index contributed by atoms with van der Waals surface area (Å²) in [5.74, 6) is -0.208. The summed E-state index contributed by atoms with van der Waals surface area (Å²) in [5.41, 5.74) is 5.89. The van der Waals surface area contributed by atoms with Gasteiger partial charge in [-0.2, -0.15) is 15.0 Å². The normalized spacial score (nSPS) is 12.0. The summed E-state index contributed by atoms with van der Waals surface area (Å²) in [6, 6.07) is 5.57. The van der Waals surface area contributed by atoms with E-state index in [1.54, 1.807) is 25.1 Å². The number of amides is 1. The van der Waals surface area contributed by atoms with Crippen LogP contribution in [-0.2, 0) is 4.79 Å².